The van der Waals surface area contributed by atoms with Gasteiger partial charge in [-0.3, -0.25) is 14.5 Å². The number of benzene rings is 2. The van der Waals surface area contributed by atoms with E-state index in [1.54, 1.807) is 11.3 Å². The highest BCUT2D eigenvalue weighted by Gasteiger charge is 2.29. The van der Waals surface area contributed by atoms with Crippen LogP contribution in [-0.2, 0) is 22.4 Å². The van der Waals surface area contributed by atoms with Crippen molar-refractivity contribution in [3.63, 3.8) is 0 Å². The highest BCUT2D eigenvalue weighted by molar-refractivity contribution is 7.14. The Bertz CT molecular complexity index is 1260. The topological polar surface area (TPSA) is 85.8 Å². The average Bonchev–Trinajstić information content (AvgIpc) is 3.56. The number of hydrogen-bond acceptors (Lipinski definition) is 6. The summed E-state index contributed by atoms with van der Waals surface area (Å²) in [6.45, 7) is 4.13. The highest BCUT2D eigenvalue weighted by Crippen LogP contribution is 2.31. The number of anilines is 1. The van der Waals surface area contributed by atoms with Gasteiger partial charge >= 0.3 is 0 Å². The standard InChI is InChI=1S/C27H30N4O3S/c1-17-14-28-27(35-17)21-5-3-4-20(12-21)24(16-31-9-8-22(32)15-31)30(2)26(34)11-18-6-7-19-13-25(33)29-23(19)10-18/h3-7,10,12,14,22,24,32H,8-9,11,13,15-16H2,1-2H3,(H,29,33)/t22-,24?/m0/s1. The van der Waals surface area contributed by atoms with Crippen molar-refractivity contribution in [3.8, 4) is 10.6 Å². The van der Waals surface area contributed by atoms with E-state index in [1.165, 1.54) is 0 Å². The minimum absolute atomic E-state index is 0.00881. The van der Waals surface area contributed by atoms with E-state index in [0.29, 0.717) is 19.5 Å². The first-order valence-electron chi connectivity index (χ1n) is 12.0. The van der Waals surface area contributed by atoms with E-state index >= 15 is 0 Å². The molecule has 35 heavy (non-hydrogen) atoms. The molecule has 1 fully saturated rings. The summed E-state index contributed by atoms with van der Waals surface area (Å²) in [5, 5.41) is 13.9. The van der Waals surface area contributed by atoms with Gasteiger partial charge in [-0.1, -0.05) is 30.3 Å². The van der Waals surface area contributed by atoms with E-state index in [0.717, 1.165) is 50.8 Å². The average molecular weight is 491 g/mol. The molecule has 2 aliphatic heterocycles. The van der Waals surface area contributed by atoms with Crippen LogP contribution in [0.5, 0.6) is 0 Å². The molecule has 182 valence electrons. The molecule has 3 aromatic rings. The van der Waals surface area contributed by atoms with E-state index in [2.05, 4.69) is 33.4 Å². The molecule has 1 unspecified atom stereocenters. The van der Waals surface area contributed by atoms with Crippen LogP contribution in [0.1, 0.15) is 34.0 Å². The van der Waals surface area contributed by atoms with Crippen LogP contribution < -0.4 is 5.32 Å². The molecule has 0 spiro atoms. The molecule has 3 heterocycles. The van der Waals surface area contributed by atoms with E-state index < -0.39 is 0 Å². The molecule has 8 heteroatoms. The Morgan fingerprint density at radius 1 is 1.31 bits per heavy atom. The fourth-order valence-corrected chi connectivity index (χ4v) is 5.65. The van der Waals surface area contributed by atoms with Gasteiger partial charge in [0.2, 0.25) is 11.8 Å². The largest absolute Gasteiger partial charge is 0.392 e. The van der Waals surface area contributed by atoms with E-state index in [4.69, 9.17) is 0 Å². The van der Waals surface area contributed by atoms with Crippen LogP contribution in [0, 0.1) is 6.92 Å². The van der Waals surface area contributed by atoms with Crippen molar-refractivity contribution in [2.75, 3.05) is 32.0 Å². The summed E-state index contributed by atoms with van der Waals surface area (Å²) in [5.74, 6) is -0.00159. The van der Waals surface area contributed by atoms with Crippen molar-refractivity contribution in [1.82, 2.24) is 14.8 Å². The maximum Gasteiger partial charge on any atom is 0.228 e. The molecular formula is C27H30N4O3S. The van der Waals surface area contributed by atoms with Gasteiger partial charge in [-0.05, 0) is 42.2 Å². The summed E-state index contributed by atoms with van der Waals surface area (Å²) >= 11 is 1.66. The summed E-state index contributed by atoms with van der Waals surface area (Å²) in [5.41, 5.74) is 4.75. The number of nitrogens with one attached hydrogen (secondary N) is 1. The van der Waals surface area contributed by atoms with Gasteiger partial charge in [0.1, 0.15) is 5.01 Å². The lowest BCUT2D eigenvalue weighted by atomic mass is 10.0. The van der Waals surface area contributed by atoms with Gasteiger partial charge in [0, 0.05) is 49.0 Å². The first kappa shape index (κ1) is 23.7. The van der Waals surface area contributed by atoms with E-state index in [1.807, 2.05) is 49.3 Å². The lowest BCUT2D eigenvalue weighted by molar-refractivity contribution is -0.131. The number of aromatic nitrogens is 1. The maximum atomic E-state index is 13.4. The number of fused-ring (bicyclic) bond motifs is 1. The van der Waals surface area contributed by atoms with E-state index in [-0.39, 0.29) is 30.4 Å². The van der Waals surface area contributed by atoms with Crippen molar-refractivity contribution in [2.45, 2.75) is 38.3 Å². The SMILES string of the molecule is Cc1cnc(-c2cccc(C(CN3CC[C@H](O)C3)N(C)C(=O)Cc3ccc4c(c3)NC(=O)C4)c2)s1. The molecule has 2 N–H and O–H groups in total. The quantitative estimate of drug-likeness (QED) is 0.530. The molecule has 0 radical (unpaired) electrons. The summed E-state index contributed by atoms with van der Waals surface area (Å²) in [6.07, 6.45) is 2.96. The number of nitrogens with zero attached hydrogens (tertiary/aromatic N) is 3. The number of thiazole rings is 1. The molecule has 2 aliphatic rings. The number of β-amino-alcohol motifs (C(OH)–C–C–N with tert-alkyl or cyclic N) is 1. The third-order valence-electron chi connectivity index (χ3n) is 6.83. The molecule has 7 nitrogen and oxygen atoms in total. The van der Waals surface area contributed by atoms with Crippen LogP contribution in [0.4, 0.5) is 5.69 Å². The Hall–Kier alpha value is -3.07. The fraction of sp³-hybridized carbons (Fsp3) is 0.370. The molecule has 5 rings (SSSR count). The second kappa shape index (κ2) is 9.89. The number of aliphatic hydroxyl groups is 1. The fourth-order valence-electron chi connectivity index (χ4n) is 4.89. The zero-order valence-corrected chi connectivity index (χ0v) is 20.8. The number of rotatable bonds is 7. The molecule has 0 bridgehead atoms. The molecule has 1 saturated heterocycles. The van der Waals surface area contributed by atoms with Crippen molar-refractivity contribution in [3.05, 3.63) is 70.2 Å². The number of aliphatic hydroxyl groups excluding tert-OH is 1. The van der Waals surface area contributed by atoms with Gasteiger partial charge in [-0.25, -0.2) is 4.98 Å². The number of aryl methyl sites for hydroxylation is 1. The number of hydrogen-bond donors (Lipinski definition) is 2. The Kier molecular flexibility index (Phi) is 6.69. The van der Waals surface area contributed by atoms with Gasteiger partial charge in [-0.15, -0.1) is 11.3 Å². The smallest absolute Gasteiger partial charge is 0.228 e. The summed E-state index contributed by atoms with van der Waals surface area (Å²) in [4.78, 5) is 34.9. The number of likely N-dealkylation sites (N-methyl/N-ethyl adjacent to an activating group) is 1. The Labute approximate surface area is 209 Å². The lowest BCUT2D eigenvalue weighted by Crippen LogP contribution is -2.39. The maximum absolute atomic E-state index is 13.4. The minimum atomic E-state index is -0.317. The van der Waals surface area contributed by atoms with Crippen LogP contribution in [0.15, 0.2) is 48.7 Å². The van der Waals surface area contributed by atoms with Crippen molar-refractivity contribution >= 4 is 28.8 Å². The monoisotopic (exact) mass is 490 g/mol. The summed E-state index contributed by atoms with van der Waals surface area (Å²) in [7, 11) is 1.86. The van der Waals surface area contributed by atoms with Crippen LogP contribution in [0.3, 0.4) is 0 Å². The van der Waals surface area contributed by atoms with Crippen LogP contribution >= 0.6 is 11.3 Å². The Morgan fingerprint density at radius 2 is 2.17 bits per heavy atom. The Morgan fingerprint density at radius 3 is 2.91 bits per heavy atom. The number of amides is 2. The van der Waals surface area contributed by atoms with Crippen LogP contribution in [0.2, 0.25) is 0 Å². The van der Waals surface area contributed by atoms with Crippen molar-refractivity contribution < 1.29 is 14.7 Å². The molecule has 1 aromatic heterocycles. The van der Waals surface area contributed by atoms with E-state index in [9.17, 15) is 14.7 Å². The number of likely N-dealkylation sites (tertiary alicyclic amines) is 1. The zero-order chi connectivity index (χ0) is 24.5. The molecule has 2 aromatic carbocycles. The predicted molar refractivity (Wildman–Crippen MR) is 137 cm³/mol. The van der Waals surface area contributed by atoms with Crippen LogP contribution in [-0.4, -0.2) is 64.5 Å². The highest BCUT2D eigenvalue weighted by atomic mass is 32.1. The second-order valence-electron chi connectivity index (χ2n) is 9.52. The van der Waals surface area contributed by atoms with Crippen molar-refractivity contribution in [1.29, 1.82) is 0 Å². The van der Waals surface area contributed by atoms with Gasteiger partial charge in [0.15, 0.2) is 0 Å². The molecule has 0 aliphatic carbocycles. The number of carbonyl (C=O) groups excluding carboxylic acids is 2. The third kappa shape index (κ3) is 5.29. The predicted octanol–water partition coefficient (Wildman–Crippen LogP) is 3.42. The minimum Gasteiger partial charge on any atom is -0.392 e. The van der Waals surface area contributed by atoms with Gasteiger partial charge in [-0.2, -0.15) is 0 Å². The third-order valence-corrected chi connectivity index (χ3v) is 7.80. The summed E-state index contributed by atoms with van der Waals surface area (Å²) < 4.78 is 0. The van der Waals surface area contributed by atoms with Crippen LogP contribution in [0.25, 0.3) is 10.6 Å². The normalized spacial score (nSPS) is 18.4. The molecule has 2 amide bonds. The molecular weight excluding hydrogens is 460 g/mol. The van der Waals surface area contributed by atoms with Gasteiger partial charge in [0.25, 0.3) is 0 Å². The van der Waals surface area contributed by atoms with Crippen molar-refractivity contribution in [2.24, 2.45) is 0 Å². The zero-order valence-electron chi connectivity index (χ0n) is 20.0. The summed E-state index contributed by atoms with van der Waals surface area (Å²) in [6, 6.07) is 13.9. The van der Waals surface area contributed by atoms with Gasteiger partial charge in [0.05, 0.1) is 25.0 Å². The molecule has 0 saturated carbocycles. The first-order valence-corrected chi connectivity index (χ1v) is 12.8. The molecule has 2 atom stereocenters. The van der Waals surface area contributed by atoms with Gasteiger partial charge < -0.3 is 15.3 Å². The second-order valence-corrected chi connectivity index (χ2v) is 10.8. The Balaban J connectivity index is 1.39. The first-order chi connectivity index (χ1) is 16.9. The lowest BCUT2D eigenvalue weighted by Gasteiger charge is -2.32. The number of carbonyl (C=O) groups is 2.